The molecule has 1 atom stereocenters. The number of nitrogens with zero attached hydrogens (tertiary/aromatic N) is 1. The van der Waals surface area contributed by atoms with Crippen molar-refractivity contribution < 1.29 is 14.3 Å². The van der Waals surface area contributed by atoms with Crippen LogP contribution in [0.4, 0.5) is 0 Å². The van der Waals surface area contributed by atoms with Gasteiger partial charge in [0.2, 0.25) is 12.7 Å². The molecule has 1 amide bonds. The number of amides is 1. The molecule has 22 heavy (non-hydrogen) atoms. The molecule has 1 aliphatic carbocycles. The number of rotatable bonds is 3. The number of carbonyl (C=O) groups is 1. The fourth-order valence-electron chi connectivity index (χ4n) is 3.10. The first-order chi connectivity index (χ1) is 10.8. The van der Waals surface area contributed by atoms with Crippen molar-refractivity contribution in [2.75, 3.05) is 25.6 Å². The topological polar surface area (TPSA) is 38.8 Å². The van der Waals surface area contributed by atoms with Gasteiger partial charge < -0.3 is 14.4 Å². The second-order valence-electron chi connectivity index (χ2n) is 6.29. The van der Waals surface area contributed by atoms with Crippen LogP contribution in [0.2, 0.25) is 0 Å². The number of ether oxygens (including phenoxy) is 2. The first-order valence-electron chi connectivity index (χ1n) is 8.08. The zero-order chi connectivity index (χ0) is 14.9. The van der Waals surface area contributed by atoms with Crippen LogP contribution in [0.1, 0.15) is 36.5 Å². The van der Waals surface area contributed by atoms with Gasteiger partial charge in [0.1, 0.15) is 0 Å². The van der Waals surface area contributed by atoms with Crippen molar-refractivity contribution in [2.24, 2.45) is 5.92 Å². The molecule has 0 spiro atoms. The molecular formula is C17H21NO3S. The maximum absolute atomic E-state index is 12.3. The predicted molar refractivity (Wildman–Crippen MR) is 86.3 cm³/mol. The maximum atomic E-state index is 12.3. The third-order valence-electron chi connectivity index (χ3n) is 4.62. The largest absolute Gasteiger partial charge is 0.454 e. The van der Waals surface area contributed by atoms with Crippen LogP contribution in [-0.4, -0.2) is 36.4 Å². The minimum atomic E-state index is 0.319. The van der Waals surface area contributed by atoms with E-state index in [1.165, 1.54) is 18.4 Å². The SMILES string of the molecule is O=C(CC1CC1)N1CCSC(c2ccc3c(c2)OCO3)CC1. The minimum Gasteiger partial charge on any atom is -0.454 e. The molecule has 2 fully saturated rings. The molecule has 0 aromatic heterocycles. The molecule has 1 saturated carbocycles. The lowest BCUT2D eigenvalue weighted by Crippen LogP contribution is -2.33. The fraction of sp³-hybridized carbons (Fsp3) is 0.588. The van der Waals surface area contributed by atoms with E-state index >= 15 is 0 Å². The Morgan fingerprint density at radius 1 is 1.18 bits per heavy atom. The number of benzene rings is 1. The normalized spacial score (nSPS) is 24.2. The third-order valence-corrected chi connectivity index (χ3v) is 5.95. The van der Waals surface area contributed by atoms with Gasteiger partial charge in [-0.1, -0.05) is 6.07 Å². The van der Waals surface area contributed by atoms with Crippen LogP contribution in [0.5, 0.6) is 11.5 Å². The Hall–Kier alpha value is -1.36. The van der Waals surface area contributed by atoms with E-state index in [0.717, 1.165) is 43.2 Å². The van der Waals surface area contributed by atoms with Crippen molar-refractivity contribution >= 4 is 17.7 Å². The van der Waals surface area contributed by atoms with E-state index in [1.807, 2.05) is 17.8 Å². The molecule has 4 rings (SSSR count). The van der Waals surface area contributed by atoms with Crippen LogP contribution in [0, 0.1) is 5.92 Å². The molecule has 1 unspecified atom stereocenters. The van der Waals surface area contributed by atoms with Crippen molar-refractivity contribution in [1.29, 1.82) is 0 Å². The Bertz CT molecular complexity index is 573. The van der Waals surface area contributed by atoms with Gasteiger partial charge in [-0.3, -0.25) is 4.79 Å². The molecule has 0 radical (unpaired) electrons. The number of hydrogen-bond acceptors (Lipinski definition) is 4. The zero-order valence-electron chi connectivity index (χ0n) is 12.6. The Morgan fingerprint density at radius 3 is 2.91 bits per heavy atom. The summed E-state index contributed by atoms with van der Waals surface area (Å²) in [6.07, 6.45) is 4.27. The van der Waals surface area contributed by atoms with E-state index in [2.05, 4.69) is 17.0 Å². The molecule has 1 aromatic carbocycles. The summed E-state index contributed by atoms with van der Waals surface area (Å²) in [5.74, 6) is 3.73. The van der Waals surface area contributed by atoms with Gasteiger partial charge in [-0.25, -0.2) is 0 Å². The Labute approximate surface area is 135 Å². The second kappa shape index (κ2) is 6.03. The smallest absolute Gasteiger partial charge is 0.231 e. The molecule has 1 saturated heterocycles. The zero-order valence-corrected chi connectivity index (χ0v) is 13.4. The highest BCUT2D eigenvalue weighted by Gasteiger charge is 2.29. The highest BCUT2D eigenvalue weighted by atomic mass is 32.2. The minimum absolute atomic E-state index is 0.319. The second-order valence-corrected chi connectivity index (χ2v) is 7.60. The Morgan fingerprint density at radius 2 is 2.05 bits per heavy atom. The van der Waals surface area contributed by atoms with E-state index in [0.29, 0.717) is 23.9 Å². The van der Waals surface area contributed by atoms with E-state index in [1.54, 1.807) is 0 Å². The lowest BCUT2D eigenvalue weighted by Gasteiger charge is -2.20. The Balaban J connectivity index is 1.40. The van der Waals surface area contributed by atoms with Gasteiger partial charge >= 0.3 is 0 Å². The number of fused-ring (bicyclic) bond motifs is 1. The molecule has 118 valence electrons. The number of hydrogen-bond donors (Lipinski definition) is 0. The molecular weight excluding hydrogens is 298 g/mol. The van der Waals surface area contributed by atoms with Gasteiger partial charge in [-0.05, 0) is 42.9 Å². The van der Waals surface area contributed by atoms with Gasteiger partial charge in [-0.2, -0.15) is 11.8 Å². The highest BCUT2D eigenvalue weighted by Crippen LogP contribution is 2.40. The molecule has 3 aliphatic rings. The predicted octanol–water partition coefficient (Wildman–Crippen LogP) is 3.22. The Kier molecular flexibility index (Phi) is 3.90. The first-order valence-corrected chi connectivity index (χ1v) is 9.13. The number of thioether (sulfide) groups is 1. The average molecular weight is 319 g/mol. The number of carbonyl (C=O) groups excluding carboxylic acids is 1. The summed E-state index contributed by atoms with van der Waals surface area (Å²) in [6, 6.07) is 6.23. The van der Waals surface area contributed by atoms with E-state index < -0.39 is 0 Å². The molecule has 2 aliphatic heterocycles. The summed E-state index contributed by atoms with van der Waals surface area (Å²) < 4.78 is 10.9. The van der Waals surface area contributed by atoms with Crippen molar-refractivity contribution in [3.05, 3.63) is 23.8 Å². The van der Waals surface area contributed by atoms with Crippen LogP contribution < -0.4 is 9.47 Å². The molecule has 0 bridgehead atoms. The van der Waals surface area contributed by atoms with Gasteiger partial charge in [0, 0.05) is 30.5 Å². The molecule has 1 aromatic rings. The maximum Gasteiger partial charge on any atom is 0.231 e. The van der Waals surface area contributed by atoms with Crippen molar-refractivity contribution in [1.82, 2.24) is 4.90 Å². The quantitative estimate of drug-likeness (QED) is 0.857. The van der Waals surface area contributed by atoms with Crippen LogP contribution in [-0.2, 0) is 4.79 Å². The van der Waals surface area contributed by atoms with Gasteiger partial charge in [0.05, 0.1) is 0 Å². The fourth-order valence-corrected chi connectivity index (χ4v) is 4.32. The van der Waals surface area contributed by atoms with Crippen molar-refractivity contribution in [3.8, 4) is 11.5 Å². The summed E-state index contributed by atoms with van der Waals surface area (Å²) in [5, 5.41) is 0.438. The molecule has 4 nitrogen and oxygen atoms in total. The van der Waals surface area contributed by atoms with Crippen LogP contribution in [0.25, 0.3) is 0 Å². The van der Waals surface area contributed by atoms with Crippen LogP contribution in [0.3, 0.4) is 0 Å². The monoisotopic (exact) mass is 319 g/mol. The van der Waals surface area contributed by atoms with Gasteiger partial charge in [-0.15, -0.1) is 0 Å². The molecule has 5 heteroatoms. The molecule has 0 N–H and O–H groups in total. The molecule has 2 heterocycles. The van der Waals surface area contributed by atoms with Gasteiger partial charge in [0.15, 0.2) is 11.5 Å². The van der Waals surface area contributed by atoms with Crippen LogP contribution in [0.15, 0.2) is 18.2 Å². The van der Waals surface area contributed by atoms with E-state index in [9.17, 15) is 4.79 Å². The van der Waals surface area contributed by atoms with Gasteiger partial charge in [0.25, 0.3) is 0 Å². The first kappa shape index (κ1) is 14.2. The summed E-state index contributed by atoms with van der Waals surface area (Å²) >= 11 is 1.95. The lowest BCUT2D eigenvalue weighted by molar-refractivity contribution is -0.131. The van der Waals surface area contributed by atoms with E-state index in [4.69, 9.17) is 9.47 Å². The summed E-state index contributed by atoms with van der Waals surface area (Å²) in [4.78, 5) is 14.3. The third kappa shape index (κ3) is 3.05. The summed E-state index contributed by atoms with van der Waals surface area (Å²) in [7, 11) is 0. The lowest BCUT2D eigenvalue weighted by atomic mass is 10.1. The van der Waals surface area contributed by atoms with Crippen LogP contribution >= 0.6 is 11.8 Å². The summed E-state index contributed by atoms with van der Waals surface area (Å²) in [6.45, 7) is 2.08. The highest BCUT2D eigenvalue weighted by molar-refractivity contribution is 7.99. The van der Waals surface area contributed by atoms with E-state index in [-0.39, 0.29) is 0 Å². The summed E-state index contributed by atoms with van der Waals surface area (Å²) in [5.41, 5.74) is 1.28. The van der Waals surface area contributed by atoms with Crippen molar-refractivity contribution in [2.45, 2.75) is 30.9 Å². The standard InChI is InChI=1S/C17H21NO3S/c19-17(9-12-1-2-12)18-6-5-16(22-8-7-18)13-3-4-14-15(10-13)21-11-20-14/h3-4,10,12,16H,1-2,5-9,11H2. The average Bonchev–Trinajstić information content (AvgIpc) is 3.27. The van der Waals surface area contributed by atoms with Crippen molar-refractivity contribution in [3.63, 3.8) is 0 Å².